The fourth-order valence-electron chi connectivity index (χ4n) is 8.70. The van der Waals surface area contributed by atoms with Crippen LogP contribution in [0.5, 0.6) is 5.75 Å². The molecule has 1 atom stereocenters. The molecule has 0 aliphatic carbocycles. The molecular formula is C39H45F2N11O5S. The largest absolute Gasteiger partial charge is 0.432 e. The lowest BCUT2D eigenvalue weighted by molar-refractivity contribution is -0.120. The van der Waals surface area contributed by atoms with Crippen molar-refractivity contribution < 1.29 is 31.5 Å². The van der Waals surface area contributed by atoms with E-state index in [9.17, 15) is 32.0 Å². The van der Waals surface area contributed by atoms with Crippen LogP contribution in [0.1, 0.15) is 62.0 Å². The van der Waals surface area contributed by atoms with Gasteiger partial charge in [0.05, 0.1) is 34.1 Å². The molecule has 0 spiro atoms. The minimum Gasteiger partial charge on any atom is -0.432 e. The Morgan fingerprint density at radius 2 is 1.74 bits per heavy atom. The Kier molecular flexibility index (Phi) is 11.2. The van der Waals surface area contributed by atoms with Crippen molar-refractivity contribution in [1.29, 1.82) is 5.26 Å². The van der Waals surface area contributed by atoms with E-state index in [1.807, 2.05) is 13.1 Å². The molecular weight excluding hydrogens is 773 g/mol. The maximum Gasteiger partial charge on any atom is 0.387 e. The van der Waals surface area contributed by atoms with Crippen LogP contribution in [0.3, 0.4) is 0 Å². The predicted octanol–water partition coefficient (Wildman–Crippen LogP) is 4.40. The van der Waals surface area contributed by atoms with E-state index in [-0.39, 0.29) is 54.1 Å². The number of rotatable bonds is 11. The molecule has 0 saturated carbocycles. The fourth-order valence-corrected chi connectivity index (χ4v) is 10.2. The van der Waals surface area contributed by atoms with Crippen LogP contribution in [0.15, 0.2) is 53.7 Å². The van der Waals surface area contributed by atoms with Gasteiger partial charge in [-0.1, -0.05) is 6.07 Å². The van der Waals surface area contributed by atoms with Gasteiger partial charge in [0.15, 0.2) is 11.6 Å². The Bertz CT molecular complexity index is 2320. The second-order valence-electron chi connectivity index (χ2n) is 15.3. The second kappa shape index (κ2) is 16.4. The summed E-state index contributed by atoms with van der Waals surface area (Å²) in [5, 5.41) is 21.1. The molecule has 19 heteroatoms. The zero-order valence-electron chi connectivity index (χ0n) is 32.1. The Morgan fingerprint density at radius 1 is 0.983 bits per heavy atom. The average molecular weight is 818 g/mol. The normalized spacial score (nSPS) is 20.5. The van der Waals surface area contributed by atoms with Crippen LogP contribution in [-0.4, -0.2) is 114 Å². The Balaban J connectivity index is 0.884. The third-order valence-corrected chi connectivity index (χ3v) is 13.6. The molecule has 306 valence electrons. The number of nitrogens with zero attached hydrogens (tertiary/aromatic N) is 9. The molecule has 0 bridgehead atoms. The number of hydrogen-bond donors (Lipinski definition) is 2. The first kappa shape index (κ1) is 39.4. The summed E-state index contributed by atoms with van der Waals surface area (Å²) in [5.74, 6) is 0.719. The fraction of sp³-hybridized carbons (Fsp3) is 0.487. The highest BCUT2D eigenvalue weighted by atomic mass is 32.2. The molecule has 4 aliphatic heterocycles. The van der Waals surface area contributed by atoms with Crippen LogP contribution in [0.25, 0.3) is 10.9 Å². The van der Waals surface area contributed by atoms with E-state index in [4.69, 9.17) is 0 Å². The summed E-state index contributed by atoms with van der Waals surface area (Å²) in [6.07, 6.45) is 7.36. The Hall–Kier alpha value is -5.45. The maximum atomic E-state index is 13.9. The lowest BCUT2D eigenvalue weighted by atomic mass is 9.88. The first-order valence-corrected chi connectivity index (χ1v) is 21.1. The predicted molar refractivity (Wildman–Crippen MR) is 210 cm³/mol. The number of hydrogen-bond acceptors (Lipinski definition) is 12. The lowest BCUT2D eigenvalue weighted by Gasteiger charge is -2.37. The number of anilines is 3. The standard InChI is InChI=1S/C39H45F2N11O5S/c1-48-34-19-26(5-7-32(34)36(47-48)52-18-12-35(53)46-39(52)54)25-8-14-49(15-9-25)24-29-3-2-13-51(29)33-20-31(6-4-27(33)21-42)58(55,56)50-16-10-28(11-17-50)45-38-43-22-30(23-44-38)57-37(40)41/h4-7,19-20,22-23,25,28-29,37H,2-3,8-18,24H2,1H3,(H,43,44,45)(H,46,53,54)/t29-/m0/s1. The van der Waals surface area contributed by atoms with Crippen molar-refractivity contribution in [3.63, 3.8) is 0 Å². The number of imide groups is 1. The number of fused-ring (bicyclic) bond motifs is 1. The number of likely N-dealkylation sites (tertiary alicyclic amines) is 1. The monoisotopic (exact) mass is 817 g/mol. The molecule has 2 aromatic carbocycles. The number of alkyl halides is 2. The first-order chi connectivity index (χ1) is 28.0. The molecule has 3 amide bonds. The number of carbonyl (C=O) groups excluding carboxylic acids is 2. The second-order valence-corrected chi connectivity index (χ2v) is 17.2. The van der Waals surface area contributed by atoms with Gasteiger partial charge in [-0.2, -0.15) is 23.4 Å². The van der Waals surface area contributed by atoms with Crippen LogP contribution in [0.4, 0.5) is 31.0 Å². The molecule has 0 radical (unpaired) electrons. The summed E-state index contributed by atoms with van der Waals surface area (Å²) in [6.45, 7) is 1.20. The zero-order valence-corrected chi connectivity index (χ0v) is 32.9. The van der Waals surface area contributed by atoms with E-state index in [1.165, 1.54) is 20.8 Å². The van der Waals surface area contributed by atoms with Crippen molar-refractivity contribution in [3.05, 3.63) is 59.9 Å². The molecule has 4 saturated heterocycles. The van der Waals surface area contributed by atoms with Gasteiger partial charge >= 0.3 is 12.6 Å². The number of ether oxygens (including phenoxy) is 1. The van der Waals surface area contributed by atoms with E-state index in [0.717, 1.165) is 75.2 Å². The third-order valence-electron chi connectivity index (χ3n) is 11.7. The molecule has 4 aromatic rings. The maximum absolute atomic E-state index is 13.9. The van der Waals surface area contributed by atoms with Crippen LogP contribution >= 0.6 is 0 Å². The van der Waals surface area contributed by atoms with Gasteiger partial charge in [0.2, 0.25) is 21.9 Å². The number of nitriles is 1. The number of urea groups is 1. The van der Waals surface area contributed by atoms with Crippen LogP contribution in [-0.2, 0) is 21.9 Å². The van der Waals surface area contributed by atoms with Gasteiger partial charge in [-0.15, -0.1) is 0 Å². The minimum absolute atomic E-state index is 0.108. The Morgan fingerprint density at radius 3 is 2.45 bits per heavy atom. The highest BCUT2D eigenvalue weighted by Gasteiger charge is 2.34. The van der Waals surface area contributed by atoms with E-state index in [0.29, 0.717) is 42.4 Å². The van der Waals surface area contributed by atoms with E-state index in [2.05, 4.69) is 58.4 Å². The SMILES string of the molecule is Cn1nc(N2CCC(=O)NC2=O)c2ccc(C3CCN(C[C@@H]4CCCN4c4cc(S(=O)(=O)N5CCC(Nc6ncc(OC(F)F)cn6)CC5)ccc4C#N)CC3)cc21. The smallest absolute Gasteiger partial charge is 0.387 e. The number of aromatic nitrogens is 4. The van der Waals surface area contributed by atoms with Crippen molar-refractivity contribution in [2.24, 2.45) is 7.05 Å². The number of sulfonamides is 1. The third kappa shape index (κ3) is 8.13. The zero-order chi connectivity index (χ0) is 40.6. The summed E-state index contributed by atoms with van der Waals surface area (Å²) in [5.41, 5.74) is 3.25. The number of halogens is 2. The van der Waals surface area contributed by atoms with Crippen molar-refractivity contribution in [1.82, 2.24) is 34.3 Å². The van der Waals surface area contributed by atoms with Gasteiger partial charge in [0, 0.05) is 63.7 Å². The lowest BCUT2D eigenvalue weighted by Crippen LogP contribution is -2.49. The number of carbonyl (C=O) groups is 2. The number of piperidine rings is 2. The van der Waals surface area contributed by atoms with Gasteiger partial charge in [-0.05, 0) is 93.4 Å². The molecule has 6 heterocycles. The number of aryl methyl sites for hydroxylation is 1. The van der Waals surface area contributed by atoms with E-state index in [1.54, 1.807) is 16.8 Å². The summed E-state index contributed by atoms with van der Waals surface area (Å²) in [4.78, 5) is 38.6. The summed E-state index contributed by atoms with van der Waals surface area (Å²) < 4.78 is 60.3. The van der Waals surface area contributed by atoms with Crippen molar-refractivity contribution >= 4 is 50.3 Å². The van der Waals surface area contributed by atoms with Crippen LogP contribution in [0.2, 0.25) is 0 Å². The summed E-state index contributed by atoms with van der Waals surface area (Å²) in [6, 6.07) is 13.0. The van der Waals surface area contributed by atoms with Crippen molar-refractivity contribution in [2.75, 3.05) is 60.9 Å². The summed E-state index contributed by atoms with van der Waals surface area (Å²) in [7, 11) is -1.99. The molecule has 16 nitrogen and oxygen atoms in total. The molecule has 4 fully saturated rings. The van der Waals surface area contributed by atoms with E-state index >= 15 is 0 Å². The molecule has 8 rings (SSSR count). The molecule has 0 unspecified atom stereocenters. The topological polar surface area (TPSA) is 182 Å². The van der Waals surface area contributed by atoms with Gasteiger partial charge in [0.1, 0.15) is 6.07 Å². The van der Waals surface area contributed by atoms with Crippen molar-refractivity contribution in [3.8, 4) is 11.8 Å². The van der Waals surface area contributed by atoms with Gasteiger partial charge < -0.3 is 19.9 Å². The Labute approximate surface area is 334 Å². The van der Waals surface area contributed by atoms with Gasteiger partial charge in [-0.3, -0.25) is 19.7 Å². The van der Waals surface area contributed by atoms with Crippen LogP contribution < -0.4 is 25.2 Å². The molecule has 4 aliphatic rings. The number of nitrogens with one attached hydrogen (secondary N) is 2. The molecule has 2 N–H and O–H groups in total. The van der Waals surface area contributed by atoms with E-state index < -0.39 is 22.7 Å². The van der Waals surface area contributed by atoms with Gasteiger partial charge in [-0.25, -0.2) is 23.2 Å². The first-order valence-electron chi connectivity index (χ1n) is 19.6. The number of benzene rings is 2. The average Bonchev–Trinajstić information content (AvgIpc) is 3.82. The minimum atomic E-state index is -3.85. The quantitative estimate of drug-likeness (QED) is 0.218. The number of amides is 3. The van der Waals surface area contributed by atoms with Crippen molar-refractivity contribution in [2.45, 2.75) is 74.5 Å². The molecule has 58 heavy (non-hydrogen) atoms. The highest BCUT2D eigenvalue weighted by molar-refractivity contribution is 7.89. The van der Waals surface area contributed by atoms with Gasteiger partial charge in [0.25, 0.3) is 0 Å². The molecule has 2 aromatic heterocycles. The highest BCUT2D eigenvalue weighted by Crippen LogP contribution is 2.36. The van der Waals surface area contributed by atoms with Crippen LogP contribution in [0, 0.1) is 11.3 Å². The summed E-state index contributed by atoms with van der Waals surface area (Å²) >= 11 is 0.